The minimum Gasteiger partial charge on any atom is -0.375 e. The minimum atomic E-state index is 0.752. The first-order valence-electron chi connectivity index (χ1n) is 6.99. The number of nitrogens with zero attached hydrogens (tertiary/aromatic N) is 5. The van der Waals surface area contributed by atoms with Gasteiger partial charge >= 0.3 is 0 Å². The summed E-state index contributed by atoms with van der Waals surface area (Å²) in [6, 6.07) is 10.4. The second-order valence-corrected chi connectivity index (χ2v) is 4.92. The SMILES string of the molecule is CN(CCCn1cc(-c2ncc[nH]2)nn1)c1ccccc1. The third kappa shape index (κ3) is 3.28. The van der Waals surface area contributed by atoms with Crippen molar-refractivity contribution < 1.29 is 0 Å². The molecule has 108 valence electrons. The number of para-hydroxylation sites is 1. The van der Waals surface area contributed by atoms with Gasteiger partial charge in [-0.2, -0.15) is 0 Å². The predicted octanol–water partition coefficient (Wildman–Crippen LogP) is 2.19. The first-order chi connectivity index (χ1) is 10.3. The number of imidazole rings is 1. The summed E-state index contributed by atoms with van der Waals surface area (Å²) in [7, 11) is 2.10. The maximum Gasteiger partial charge on any atom is 0.159 e. The van der Waals surface area contributed by atoms with Crippen LogP contribution in [-0.4, -0.2) is 38.6 Å². The highest BCUT2D eigenvalue weighted by atomic mass is 15.4. The highest BCUT2D eigenvalue weighted by molar-refractivity contribution is 5.46. The second-order valence-electron chi connectivity index (χ2n) is 4.92. The van der Waals surface area contributed by atoms with E-state index >= 15 is 0 Å². The standard InChI is InChI=1S/C15H18N6/c1-20(13-6-3-2-4-7-13)10-5-11-21-12-14(18-19-21)15-16-8-9-17-15/h2-4,6-9,12H,5,10-11H2,1H3,(H,16,17). The molecule has 1 N–H and O–H groups in total. The van der Waals surface area contributed by atoms with E-state index in [2.05, 4.69) is 56.5 Å². The summed E-state index contributed by atoms with van der Waals surface area (Å²) >= 11 is 0. The van der Waals surface area contributed by atoms with Gasteiger partial charge in [0.2, 0.25) is 0 Å². The fraction of sp³-hybridized carbons (Fsp3) is 0.267. The fourth-order valence-electron chi connectivity index (χ4n) is 2.20. The number of hydrogen-bond donors (Lipinski definition) is 1. The van der Waals surface area contributed by atoms with Gasteiger partial charge in [0.25, 0.3) is 0 Å². The molecule has 0 fully saturated rings. The van der Waals surface area contributed by atoms with Crippen molar-refractivity contribution in [1.29, 1.82) is 0 Å². The number of anilines is 1. The molecule has 1 aromatic carbocycles. The smallest absolute Gasteiger partial charge is 0.159 e. The molecule has 0 saturated carbocycles. The summed E-state index contributed by atoms with van der Waals surface area (Å²) in [4.78, 5) is 9.44. The van der Waals surface area contributed by atoms with E-state index in [9.17, 15) is 0 Å². The lowest BCUT2D eigenvalue weighted by Crippen LogP contribution is -2.19. The molecule has 6 heteroatoms. The van der Waals surface area contributed by atoms with E-state index < -0.39 is 0 Å². The van der Waals surface area contributed by atoms with Crippen molar-refractivity contribution >= 4 is 5.69 Å². The van der Waals surface area contributed by atoms with Crippen LogP contribution in [0, 0.1) is 0 Å². The van der Waals surface area contributed by atoms with E-state index in [4.69, 9.17) is 0 Å². The fourth-order valence-corrected chi connectivity index (χ4v) is 2.20. The molecule has 6 nitrogen and oxygen atoms in total. The minimum absolute atomic E-state index is 0.752. The summed E-state index contributed by atoms with van der Waals surface area (Å²) in [5.74, 6) is 0.752. The van der Waals surface area contributed by atoms with Crippen LogP contribution in [0.25, 0.3) is 11.5 Å². The van der Waals surface area contributed by atoms with Crippen LogP contribution < -0.4 is 4.90 Å². The molecule has 3 rings (SSSR count). The number of aromatic nitrogens is 5. The average molecular weight is 282 g/mol. The van der Waals surface area contributed by atoms with Crippen molar-refractivity contribution in [3.63, 3.8) is 0 Å². The predicted molar refractivity (Wildman–Crippen MR) is 81.9 cm³/mol. The van der Waals surface area contributed by atoms with Gasteiger partial charge in [-0.3, -0.25) is 4.68 Å². The Hall–Kier alpha value is -2.63. The zero-order valence-corrected chi connectivity index (χ0v) is 12.0. The van der Waals surface area contributed by atoms with Gasteiger partial charge in [0.05, 0.1) is 6.20 Å². The second kappa shape index (κ2) is 6.21. The summed E-state index contributed by atoms with van der Waals surface area (Å²) in [6.45, 7) is 1.81. The van der Waals surface area contributed by atoms with E-state index in [1.807, 2.05) is 16.9 Å². The molecule has 3 aromatic rings. The topological polar surface area (TPSA) is 62.6 Å². The normalized spacial score (nSPS) is 10.7. The summed E-state index contributed by atoms with van der Waals surface area (Å²) < 4.78 is 1.86. The number of hydrogen-bond acceptors (Lipinski definition) is 4. The van der Waals surface area contributed by atoms with Crippen LogP contribution >= 0.6 is 0 Å². The molecule has 2 aromatic heterocycles. The van der Waals surface area contributed by atoms with Gasteiger partial charge in [-0.25, -0.2) is 4.98 Å². The maximum atomic E-state index is 4.17. The Bertz CT molecular complexity index is 659. The summed E-state index contributed by atoms with van der Waals surface area (Å²) in [6.07, 6.45) is 6.42. The molecular weight excluding hydrogens is 264 g/mol. The number of rotatable bonds is 6. The average Bonchev–Trinajstić information content (AvgIpc) is 3.19. The van der Waals surface area contributed by atoms with Crippen molar-refractivity contribution in [2.45, 2.75) is 13.0 Å². The lowest BCUT2D eigenvalue weighted by molar-refractivity contribution is 0.558. The maximum absolute atomic E-state index is 4.17. The highest BCUT2D eigenvalue weighted by Crippen LogP contribution is 2.12. The van der Waals surface area contributed by atoms with Crippen molar-refractivity contribution in [3.8, 4) is 11.5 Å². The number of nitrogens with one attached hydrogen (secondary N) is 1. The van der Waals surface area contributed by atoms with E-state index in [1.165, 1.54) is 5.69 Å². The third-order valence-electron chi connectivity index (χ3n) is 3.36. The number of aromatic amines is 1. The zero-order chi connectivity index (χ0) is 14.5. The van der Waals surface area contributed by atoms with E-state index in [1.54, 1.807) is 12.4 Å². The Kier molecular flexibility index (Phi) is 3.95. The number of benzene rings is 1. The molecule has 0 aliphatic carbocycles. The van der Waals surface area contributed by atoms with Gasteiger partial charge in [-0.15, -0.1) is 5.10 Å². The quantitative estimate of drug-likeness (QED) is 0.753. The Morgan fingerprint density at radius 1 is 1.24 bits per heavy atom. The van der Waals surface area contributed by atoms with Crippen LogP contribution in [0.5, 0.6) is 0 Å². The van der Waals surface area contributed by atoms with Crippen molar-refractivity contribution in [2.75, 3.05) is 18.5 Å². The Labute approximate surface area is 123 Å². The molecule has 0 aliphatic rings. The van der Waals surface area contributed by atoms with Crippen molar-refractivity contribution in [1.82, 2.24) is 25.0 Å². The zero-order valence-electron chi connectivity index (χ0n) is 12.0. The van der Waals surface area contributed by atoms with Crippen LogP contribution in [-0.2, 0) is 6.54 Å². The van der Waals surface area contributed by atoms with Gasteiger partial charge in [-0.1, -0.05) is 23.4 Å². The van der Waals surface area contributed by atoms with E-state index in [0.29, 0.717) is 0 Å². The molecule has 0 radical (unpaired) electrons. The Balaban J connectivity index is 1.52. The van der Waals surface area contributed by atoms with Gasteiger partial charge in [0.1, 0.15) is 5.69 Å². The Morgan fingerprint density at radius 2 is 2.10 bits per heavy atom. The number of aryl methyl sites for hydroxylation is 1. The van der Waals surface area contributed by atoms with Crippen LogP contribution in [0.3, 0.4) is 0 Å². The third-order valence-corrected chi connectivity index (χ3v) is 3.36. The molecular formula is C15H18N6. The van der Waals surface area contributed by atoms with Gasteiger partial charge in [0, 0.05) is 38.2 Å². The number of H-pyrrole nitrogens is 1. The van der Waals surface area contributed by atoms with Crippen LogP contribution in [0.15, 0.2) is 48.9 Å². The first-order valence-corrected chi connectivity index (χ1v) is 6.99. The van der Waals surface area contributed by atoms with Crippen LogP contribution in [0.1, 0.15) is 6.42 Å². The summed E-state index contributed by atoms with van der Waals surface area (Å²) in [5, 5.41) is 8.25. The van der Waals surface area contributed by atoms with Gasteiger partial charge in [0.15, 0.2) is 5.82 Å². The molecule has 0 bridgehead atoms. The molecule has 0 saturated heterocycles. The largest absolute Gasteiger partial charge is 0.375 e. The molecule has 0 atom stereocenters. The van der Waals surface area contributed by atoms with Crippen molar-refractivity contribution in [3.05, 3.63) is 48.9 Å². The molecule has 0 unspecified atom stereocenters. The highest BCUT2D eigenvalue weighted by Gasteiger charge is 2.06. The monoisotopic (exact) mass is 282 g/mol. The first kappa shape index (κ1) is 13.4. The van der Waals surface area contributed by atoms with Gasteiger partial charge < -0.3 is 9.88 Å². The summed E-state index contributed by atoms with van der Waals surface area (Å²) in [5.41, 5.74) is 2.00. The molecule has 2 heterocycles. The van der Waals surface area contributed by atoms with E-state index in [-0.39, 0.29) is 0 Å². The van der Waals surface area contributed by atoms with Crippen LogP contribution in [0.4, 0.5) is 5.69 Å². The van der Waals surface area contributed by atoms with Crippen LogP contribution in [0.2, 0.25) is 0 Å². The molecule has 21 heavy (non-hydrogen) atoms. The molecule has 0 aliphatic heterocycles. The van der Waals surface area contributed by atoms with E-state index in [0.717, 1.165) is 31.0 Å². The lowest BCUT2D eigenvalue weighted by atomic mass is 10.3. The molecule has 0 amide bonds. The Morgan fingerprint density at radius 3 is 2.86 bits per heavy atom. The van der Waals surface area contributed by atoms with Gasteiger partial charge in [-0.05, 0) is 18.6 Å². The van der Waals surface area contributed by atoms with Crippen molar-refractivity contribution in [2.24, 2.45) is 0 Å². The molecule has 0 spiro atoms. The lowest BCUT2D eigenvalue weighted by Gasteiger charge is -2.18.